The van der Waals surface area contributed by atoms with E-state index in [2.05, 4.69) is 19.2 Å². The summed E-state index contributed by atoms with van der Waals surface area (Å²) >= 11 is 0. The van der Waals surface area contributed by atoms with E-state index in [1.165, 1.54) is 0 Å². The Hall–Kier alpha value is -1.55. The lowest BCUT2D eigenvalue weighted by Crippen LogP contribution is -2.32. The minimum absolute atomic E-state index is 0.0381. The van der Waals surface area contributed by atoms with Crippen LogP contribution in [-0.2, 0) is 11.3 Å². The summed E-state index contributed by atoms with van der Waals surface area (Å²) in [7, 11) is 0. The number of hydrogen-bond acceptors (Lipinski definition) is 3. The van der Waals surface area contributed by atoms with Gasteiger partial charge in [-0.15, -0.1) is 0 Å². The highest BCUT2D eigenvalue weighted by Crippen LogP contribution is 2.21. The number of nitrogens with one attached hydrogen (secondary N) is 1. The summed E-state index contributed by atoms with van der Waals surface area (Å²) in [5, 5.41) is 3.03. The van der Waals surface area contributed by atoms with Crippen molar-refractivity contribution >= 4 is 5.91 Å². The second kappa shape index (κ2) is 11.1. The summed E-state index contributed by atoms with van der Waals surface area (Å²) in [6.45, 7) is 10.0. The fraction of sp³-hybridized carbons (Fsp3) is 0.632. The SMILES string of the molecule is CCCCOCc1cc(C(=O)NC(C)CCC)ccc1OCC. The molecule has 4 heteroatoms. The molecule has 0 bridgehead atoms. The molecule has 0 saturated carbocycles. The number of amides is 1. The van der Waals surface area contributed by atoms with Crippen molar-refractivity contribution in [2.75, 3.05) is 13.2 Å². The average Bonchev–Trinajstić information content (AvgIpc) is 2.53. The third-order valence-electron chi connectivity index (χ3n) is 3.62. The second-order valence-electron chi connectivity index (χ2n) is 5.82. The van der Waals surface area contributed by atoms with Gasteiger partial charge in [0.05, 0.1) is 13.2 Å². The van der Waals surface area contributed by atoms with Crippen LogP contribution in [0.5, 0.6) is 5.75 Å². The molecule has 0 aliphatic carbocycles. The van der Waals surface area contributed by atoms with E-state index in [1.807, 2.05) is 32.0 Å². The number of carbonyl (C=O) groups is 1. The summed E-state index contributed by atoms with van der Waals surface area (Å²) in [5.41, 5.74) is 1.59. The van der Waals surface area contributed by atoms with Gasteiger partial charge in [0, 0.05) is 23.8 Å². The van der Waals surface area contributed by atoms with E-state index in [0.717, 1.165) is 43.6 Å². The Kier molecular flexibility index (Phi) is 9.37. The van der Waals surface area contributed by atoms with Crippen LogP contribution in [-0.4, -0.2) is 25.2 Å². The zero-order valence-electron chi connectivity index (χ0n) is 15.0. The average molecular weight is 321 g/mol. The molecule has 130 valence electrons. The first-order chi connectivity index (χ1) is 11.1. The van der Waals surface area contributed by atoms with Crippen molar-refractivity contribution in [1.82, 2.24) is 5.32 Å². The Morgan fingerprint density at radius 1 is 1.22 bits per heavy atom. The van der Waals surface area contributed by atoms with Crippen LogP contribution in [0.25, 0.3) is 0 Å². The van der Waals surface area contributed by atoms with E-state index >= 15 is 0 Å². The van der Waals surface area contributed by atoms with Crippen LogP contribution in [0.4, 0.5) is 0 Å². The Balaban J connectivity index is 2.78. The molecule has 1 rings (SSSR count). The second-order valence-corrected chi connectivity index (χ2v) is 5.82. The van der Waals surface area contributed by atoms with Crippen LogP contribution in [0.1, 0.15) is 69.3 Å². The highest BCUT2D eigenvalue weighted by Gasteiger charge is 2.12. The van der Waals surface area contributed by atoms with Crippen molar-refractivity contribution in [3.05, 3.63) is 29.3 Å². The fourth-order valence-corrected chi connectivity index (χ4v) is 2.37. The van der Waals surface area contributed by atoms with Crippen LogP contribution >= 0.6 is 0 Å². The molecule has 1 N–H and O–H groups in total. The molecule has 23 heavy (non-hydrogen) atoms. The Labute approximate surface area is 140 Å². The molecule has 1 amide bonds. The van der Waals surface area contributed by atoms with Crippen LogP contribution in [0.15, 0.2) is 18.2 Å². The summed E-state index contributed by atoms with van der Waals surface area (Å²) in [6.07, 6.45) is 4.19. The van der Waals surface area contributed by atoms with Crippen molar-refractivity contribution in [2.45, 2.75) is 66.0 Å². The molecule has 0 aromatic heterocycles. The van der Waals surface area contributed by atoms with Crippen molar-refractivity contribution in [1.29, 1.82) is 0 Å². The van der Waals surface area contributed by atoms with Gasteiger partial charge in [0.15, 0.2) is 0 Å². The van der Waals surface area contributed by atoms with Crippen molar-refractivity contribution in [2.24, 2.45) is 0 Å². The standard InChI is InChI=1S/C19H31NO3/c1-5-8-12-22-14-17-13-16(10-11-18(17)23-7-3)19(21)20-15(4)9-6-2/h10-11,13,15H,5-9,12,14H2,1-4H3,(H,20,21). The molecular weight excluding hydrogens is 290 g/mol. The number of hydrogen-bond donors (Lipinski definition) is 1. The summed E-state index contributed by atoms with van der Waals surface area (Å²) < 4.78 is 11.3. The fourth-order valence-electron chi connectivity index (χ4n) is 2.37. The van der Waals surface area contributed by atoms with E-state index < -0.39 is 0 Å². The van der Waals surface area contributed by atoms with Crippen LogP contribution in [0.2, 0.25) is 0 Å². The van der Waals surface area contributed by atoms with Gasteiger partial charge >= 0.3 is 0 Å². The lowest BCUT2D eigenvalue weighted by atomic mass is 10.1. The molecular formula is C19H31NO3. The van der Waals surface area contributed by atoms with Crippen LogP contribution < -0.4 is 10.1 Å². The highest BCUT2D eigenvalue weighted by atomic mass is 16.5. The number of carbonyl (C=O) groups excluding carboxylic acids is 1. The first-order valence-electron chi connectivity index (χ1n) is 8.76. The number of benzene rings is 1. The van der Waals surface area contributed by atoms with E-state index in [1.54, 1.807) is 0 Å². The molecule has 0 spiro atoms. The lowest BCUT2D eigenvalue weighted by Gasteiger charge is -2.15. The van der Waals surface area contributed by atoms with Gasteiger partial charge in [-0.05, 0) is 44.9 Å². The topological polar surface area (TPSA) is 47.6 Å². The molecule has 1 unspecified atom stereocenters. The van der Waals surface area contributed by atoms with Gasteiger partial charge in [0.25, 0.3) is 5.91 Å². The minimum Gasteiger partial charge on any atom is -0.494 e. The molecule has 1 aromatic rings. The molecule has 0 aliphatic rings. The lowest BCUT2D eigenvalue weighted by molar-refractivity contribution is 0.0937. The maximum absolute atomic E-state index is 12.3. The normalized spacial score (nSPS) is 12.0. The maximum Gasteiger partial charge on any atom is 0.251 e. The first kappa shape index (κ1) is 19.5. The largest absolute Gasteiger partial charge is 0.494 e. The highest BCUT2D eigenvalue weighted by molar-refractivity contribution is 5.94. The van der Waals surface area contributed by atoms with Gasteiger partial charge < -0.3 is 14.8 Å². The third-order valence-corrected chi connectivity index (χ3v) is 3.62. The summed E-state index contributed by atoms with van der Waals surface area (Å²) in [6, 6.07) is 5.74. The van der Waals surface area contributed by atoms with Crippen LogP contribution in [0.3, 0.4) is 0 Å². The first-order valence-corrected chi connectivity index (χ1v) is 8.76. The zero-order chi connectivity index (χ0) is 17.1. The zero-order valence-corrected chi connectivity index (χ0v) is 15.0. The monoisotopic (exact) mass is 321 g/mol. The summed E-state index contributed by atoms with van der Waals surface area (Å²) in [4.78, 5) is 12.3. The molecule has 1 aromatic carbocycles. The van der Waals surface area contributed by atoms with E-state index in [-0.39, 0.29) is 11.9 Å². The van der Waals surface area contributed by atoms with Crippen LogP contribution in [0, 0.1) is 0 Å². The van der Waals surface area contributed by atoms with E-state index in [0.29, 0.717) is 18.8 Å². The van der Waals surface area contributed by atoms with Gasteiger partial charge in [-0.1, -0.05) is 26.7 Å². The smallest absolute Gasteiger partial charge is 0.251 e. The predicted molar refractivity (Wildman–Crippen MR) is 94.0 cm³/mol. The van der Waals surface area contributed by atoms with Crippen molar-refractivity contribution < 1.29 is 14.3 Å². The van der Waals surface area contributed by atoms with E-state index in [4.69, 9.17) is 9.47 Å². The van der Waals surface area contributed by atoms with Gasteiger partial charge in [0.2, 0.25) is 0 Å². The number of ether oxygens (including phenoxy) is 2. The Bertz CT molecular complexity index is 474. The Morgan fingerprint density at radius 2 is 2.00 bits per heavy atom. The molecule has 4 nitrogen and oxygen atoms in total. The van der Waals surface area contributed by atoms with Gasteiger partial charge in [0.1, 0.15) is 5.75 Å². The maximum atomic E-state index is 12.3. The quantitative estimate of drug-likeness (QED) is 0.617. The third kappa shape index (κ3) is 7.04. The number of unbranched alkanes of at least 4 members (excludes halogenated alkanes) is 1. The van der Waals surface area contributed by atoms with Crippen molar-refractivity contribution in [3.63, 3.8) is 0 Å². The van der Waals surface area contributed by atoms with Gasteiger partial charge in [-0.25, -0.2) is 0 Å². The van der Waals surface area contributed by atoms with E-state index in [9.17, 15) is 4.79 Å². The van der Waals surface area contributed by atoms with Gasteiger partial charge in [-0.3, -0.25) is 4.79 Å². The molecule has 0 heterocycles. The minimum atomic E-state index is -0.0381. The molecule has 0 radical (unpaired) electrons. The molecule has 0 saturated heterocycles. The summed E-state index contributed by atoms with van der Waals surface area (Å²) in [5.74, 6) is 0.756. The molecule has 0 fully saturated rings. The van der Waals surface area contributed by atoms with Gasteiger partial charge in [-0.2, -0.15) is 0 Å². The predicted octanol–water partition coefficient (Wildman–Crippen LogP) is 4.32. The molecule has 1 atom stereocenters. The Morgan fingerprint density at radius 3 is 2.65 bits per heavy atom. The van der Waals surface area contributed by atoms with Crippen molar-refractivity contribution in [3.8, 4) is 5.75 Å². The number of rotatable bonds is 11. The molecule has 0 aliphatic heterocycles.